The van der Waals surface area contributed by atoms with Gasteiger partial charge in [-0.3, -0.25) is 19.3 Å². The molecule has 1 fully saturated rings. The number of nitrogens with zero attached hydrogens (tertiary/aromatic N) is 1. The summed E-state index contributed by atoms with van der Waals surface area (Å²) in [4.78, 5) is 38.9. The Morgan fingerprint density at radius 1 is 1.11 bits per heavy atom. The van der Waals surface area contributed by atoms with Gasteiger partial charge in [0.2, 0.25) is 0 Å². The third-order valence-electron chi connectivity index (χ3n) is 4.75. The van der Waals surface area contributed by atoms with Crippen molar-refractivity contribution >= 4 is 39.3 Å². The van der Waals surface area contributed by atoms with Gasteiger partial charge in [0.1, 0.15) is 0 Å². The van der Waals surface area contributed by atoms with Crippen molar-refractivity contribution in [2.45, 2.75) is 18.9 Å². The van der Waals surface area contributed by atoms with E-state index in [1.54, 1.807) is 24.3 Å². The molecule has 0 spiro atoms. The number of amides is 3. The first-order valence-electron chi connectivity index (χ1n) is 8.72. The largest absolute Gasteiger partial charge is 0.376 e. The highest BCUT2D eigenvalue weighted by Gasteiger charge is 2.37. The predicted octanol–water partition coefficient (Wildman–Crippen LogP) is 3.48. The molecule has 4 rings (SSSR count). The third-order valence-corrected chi connectivity index (χ3v) is 5.27. The molecule has 7 heteroatoms. The molecule has 1 N–H and O–H groups in total. The lowest BCUT2D eigenvalue weighted by molar-refractivity contribution is 0.0475. The van der Waals surface area contributed by atoms with Crippen LogP contribution in [0, 0.1) is 0 Å². The first-order chi connectivity index (χ1) is 13.0. The third kappa shape index (κ3) is 3.52. The van der Waals surface area contributed by atoms with E-state index in [1.807, 2.05) is 12.1 Å². The minimum atomic E-state index is -0.371. The SMILES string of the molecule is O=C(Nc1ccc(Br)cc1)c1ccc2c(c1)C(=O)N(CC1CCCO1)C2=O. The number of ether oxygens (including phenoxy) is 1. The van der Waals surface area contributed by atoms with E-state index >= 15 is 0 Å². The average molecular weight is 429 g/mol. The van der Waals surface area contributed by atoms with E-state index in [1.165, 1.54) is 11.0 Å². The summed E-state index contributed by atoms with van der Waals surface area (Å²) in [6.07, 6.45) is 1.68. The number of hydrogen-bond donors (Lipinski definition) is 1. The molecular weight excluding hydrogens is 412 g/mol. The van der Waals surface area contributed by atoms with E-state index < -0.39 is 0 Å². The number of halogens is 1. The molecule has 1 saturated heterocycles. The molecule has 1 unspecified atom stereocenters. The summed E-state index contributed by atoms with van der Waals surface area (Å²) in [6, 6.07) is 11.8. The molecule has 2 aliphatic heterocycles. The van der Waals surface area contributed by atoms with Crippen LogP contribution in [-0.2, 0) is 4.74 Å². The van der Waals surface area contributed by atoms with E-state index in [9.17, 15) is 14.4 Å². The van der Waals surface area contributed by atoms with Crippen LogP contribution in [0.3, 0.4) is 0 Å². The Labute approximate surface area is 164 Å². The Morgan fingerprint density at radius 2 is 1.85 bits per heavy atom. The van der Waals surface area contributed by atoms with Gasteiger partial charge in [-0.1, -0.05) is 15.9 Å². The van der Waals surface area contributed by atoms with Crippen molar-refractivity contribution in [3.05, 3.63) is 63.6 Å². The van der Waals surface area contributed by atoms with Gasteiger partial charge in [-0.15, -0.1) is 0 Å². The summed E-state index contributed by atoms with van der Waals surface area (Å²) in [7, 11) is 0. The molecule has 2 aromatic rings. The number of imide groups is 1. The summed E-state index contributed by atoms with van der Waals surface area (Å²) < 4.78 is 6.44. The normalized spacial score (nSPS) is 18.7. The Hall–Kier alpha value is -2.51. The molecule has 6 nitrogen and oxygen atoms in total. The van der Waals surface area contributed by atoms with E-state index in [4.69, 9.17) is 4.74 Å². The molecule has 2 heterocycles. The van der Waals surface area contributed by atoms with Crippen LogP contribution in [0.5, 0.6) is 0 Å². The Kier molecular flexibility index (Phi) is 4.80. The van der Waals surface area contributed by atoms with Crippen molar-refractivity contribution in [1.29, 1.82) is 0 Å². The maximum atomic E-state index is 12.7. The zero-order chi connectivity index (χ0) is 19.0. The molecule has 2 aliphatic rings. The second kappa shape index (κ2) is 7.25. The summed E-state index contributed by atoms with van der Waals surface area (Å²) >= 11 is 3.34. The van der Waals surface area contributed by atoms with Crippen LogP contribution in [0.4, 0.5) is 5.69 Å². The van der Waals surface area contributed by atoms with Gasteiger partial charge in [-0.2, -0.15) is 0 Å². The van der Waals surface area contributed by atoms with Crippen LogP contribution in [-0.4, -0.2) is 41.9 Å². The van der Waals surface area contributed by atoms with Crippen LogP contribution in [0.2, 0.25) is 0 Å². The summed E-state index contributed by atoms with van der Waals surface area (Å²) in [5.41, 5.74) is 1.57. The van der Waals surface area contributed by atoms with E-state index in [0.29, 0.717) is 23.4 Å². The number of hydrogen-bond acceptors (Lipinski definition) is 4. The van der Waals surface area contributed by atoms with Crippen molar-refractivity contribution in [3.8, 4) is 0 Å². The van der Waals surface area contributed by atoms with Gasteiger partial charge in [0.05, 0.1) is 23.8 Å². The molecule has 0 aromatic heterocycles. The topological polar surface area (TPSA) is 75.7 Å². The lowest BCUT2D eigenvalue weighted by atomic mass is 10.1. The molecule has 138 valence electrons. The molecule has 0 radical (unpaired) electrons. The Bertz CT molecular complexity index is 920. The molecular formula is C20H17BrN2O4. The minimum absolute atomic E-state index is 0.104. The molecule has 0 bridgehead atoms. The number of rotatable bonds is 4. The number of carbonyl (C=O) groups is 3. The van der Waals surface area contributed by atoms with Crippen molar-refractivity contribution < 1.29 is 19.1 Å². The van der Waals surface area contributed by atoms with Crippen molar-refractivity contribution in [3.63, 3.8) is 0 Å². The second-order valence-electron chi connectivity index (χ2n) is 6.58. The van der Waals surface area contributed by atoms with Crippen LogP contribution in [0.15, 0.2) is 46.9 Å². The number of nitrogens with one attached hydrogen (secondary N) is 1. The zero-order valence-electron chi connectivity index (χ0n) is 14.4. The Morgan fingerprint density at radius 3 is 2.56 bits per heavy atom. The van der Waals surface area contributed by atoms with Gasteiger partial charge in [0, 0.05) is 22.3 Å². The minimum Gasteiger partial charge on any atom is -0.376 e. The van der Waals surface area contributed by atoms with Crippen LogP contribution in [0.1, 0.15) is 43.9 Å². The van der Waals surface area contributed by atoms with Gasteiger partial charge in [0.25, 0.3) is 17.7 Å². The maximum absolute atomic E-state index is 12.7. The standard InChI is InChI=1S/C20H17BrN2O4/c21-13-4-6-14(7-5-13)22-18(24)12-3-8-16-17(10-12)20(26)23(19(16)25)11-15-2-1-9-27-15/h3-8,10,15H,1-2,9,11H2,(H,22,24). The summed E-state index contributed by atoms with van der Waals surface area (Å²) in [5, 5.41) is 2.78. The highest BCUT2D eigenvalue weighted by atomic mass is 79.9. The first-order valence-corrected chi connectivity index (χ1v) is 9.51. The van der Waals surface area contributed by atoms with Gasteiger partial charge < -0.3 is 10.1 Å². The van der Waals surface area contributed by atoms with E-state index in [2.05, 4.69) is 21.2 Å². The molecule has 2 aromatic carbocycles. The smallest absolute Gasteiger partial charge is 0.261 e. The summed E-state index contributed by atoms with van der Waals surface area (Å²) in [5.74, 6) is -1.04. The lowest BCUT2D eigenvalue weighted by Crippen LogP contribution is -2.36. The van der Waals surface area contributed by atoms with Gasteiger partial charge in [-0.05, 0) is 55.3 Å². The number of fused-ring (bicyclic) bond motifs is 1. The lowest BCUT2D eigenvalue weighted by Gasteiger charge is -2.17. The van der Waals surface area contributed by atoms with Crippen LogP contribution in [0.25, 0.3) is 0 Å². The maximum Gasteiger partial charge on any atom is 0.261 e. The van der Waals surface area contributed by atoms with Gasteiger partial charge in [0.15, 0.2) is 0 Å². The fourth-order valence-corrected chi connectivity index (χ4v) is 3.59. The molecule has 1 atom stereocenters. The van der Waals surface area contributed by atoms with Gasteiger partial charge >= 0.3 is 0 Å². The molecule has 0 saturated carbocycles. The second-order valence-corrected chi connectivity index (χ2v) is 7.49. The Balaban J connectivity index is 1.53. The van der Waals surface area contributed by atoms with E-state index in [-0.39, 0.29) is 35.9 Å². The van der Waals surface area contributed by atoms with Gasteiger partial charge in [-0.25, -0.2) is 0 Å². The highest BCUT2D eigenvalue weighted by Crippen LogP contribution is 2.26. The quantitative estimate of drug-likeness (QED) is 0.756. The number of benzene rings is 2. The average Bonchev–Trinajstić information content (AvgIpc) is 3.26. The highest BCUT2D eigenvalue weighted by molar-refractivity contribution is 9.10. The van der Waals surface area contributed by atoms with E-state index in [0.717, 1.165) is 17.3 Å². The zero-order valence-corrected chi connectivity index (χ0v) is 16.0. The predicted molar refractivity (Wildman–Crippen MR) is 103 cm³/mol. The molecule has 27 heavy (non-hydrogen) atoms. The van der Waals surface area contributed by atoms with Crippen molar-refractivity contribution in [2.75, 3.05) is 18.5 Å². The number of anilines is 1. The first kappa shape index (κ1) is 17.9. The fraction of sp³-hybridized carbons (Fsp3) is 0.250. The monoisotopic (exact) mass is 428 g/mol. The van der Waals surface area contributed by atoms with Crippen LogP contribution < -0.4 is 5.32 Å². The summed E-state index contributed by atoms with van der Waals surface area (Å²) in [6.45, 7) is 0.918. The fourth-order valence-electron chi connectivity index (χ4n) is 3.33. The van der Waals surface area contributed by atoms with Crippen LogP contribution >= 0.6 is 15.9 Å². The molecule has 0 aliphatic carbocycles. The number of carbonyl (C=O) groups excluding carboxylic acids is 3. The van der Waals surface area contributed by atoms with Crippen molar-refractivity contribution in [2.24, 2.45) is 0 Å². The van der Waals surface area contributed by atoms with Crippen molar-refractivity contribution in [1.82, 2.24) is 4.90 Å². The molecule has 3 amide bonds.